The van der Waals surface area contributed by atoms with Crippen molar-refractivity contribution in [2.75, 3.05) is 30.8 Å². The van der Waals surface area contributed by atoms with E-state index >= 15 is 0 Å². The summed E-state index contributed by atoms with van der Waals surface area (Å²) in [7, 11) is 2.22. The Balaban J connectivity index is 1.71. The smallest absolute Gasteiger partial charge is 0.129 e. The molecule has 4 rings (SSSR count). The number of pyridine rings is 1. The summed E-state index contributed by atoms with van der Waals surface area (Å²) in [6, 6.07) is 11.5. The van der Waals surface area contributed by atoms with Crippen molar-refractivity contribution < 1.29 is 0 Å². The Morgan fingerprint density at radius 2 is 2.05 bits per heavy atom. The summed E-state index contributed by atoms with van der Waals surface area (Å²) < 4.78 is 0. The van der Waals surface area contributed by atoms with E-state index in [9.17, 15) is 0 Å². The lowest BCUT2D eigenvalue weighted by molar-refractivity contribution is 0.292. The van der Waals surface area contributed by atoms with Crippen LogP contribution in [-0.2, 0) is 0 Å². The minimum Gasteiger partial charge on any atom is -0.399 e. The minimum atomic E-state index is 0.633. The van der Waals surface area contributed by atoms with Gasteiger partial charge in [-0.1, -0.05) is 0 Å². The van der Waals surface area contributed by atoms with Gasteiger partial charge in [-0.2, -0.15) is 0 Å². The van der Waals surface area contributed by atoms with Gasteiger partial charge in [0.1, 0.15) is 5.82 Å². The van der Waals surface area contributed by atoms with E-state index in [-0.39, 0.29) is 0 Å². The van der Waals surface area contributed by atoms with Crippen LogP contribution >= 0.6 is 0 Å². The second kappa shape index (κ2) is 3.84. The SMILES string of the molecule is CN1C[C@@H]2C[C@H]1CN2c1ccc2cc(N)ccc2n1. The van der Waals surface area contributed by atoms with Crippen LogP contribution in [0, 0.1) is 0 Å². The van der Waals surface area contributed by atoms with Gasteiger partial charge in [0.15, 0.2) is 0 Å². The van der Waals surface area contributed by atoms with Gasteiger partial charge < -0.3 is 10.6 Å². The summed E-state index contributed by atoms with van der Waals surface area (Å²) in [4.78, 5) is 9.71. The maximum atomic E-state index is 5.81. The van der Waals surface area contributed by atoms with Gasteiger partial charge in [0.25, 0.3) is 0 Å². The van der Waals surface area contributed by atoms with Crippen LogP contribution in [0.1, 0.15) is 6.42 Å². The molecule has 0 radical (unpaired) electrons. The highest BCUT2D eigenvalue weighted by Gasteiger charge is 2.41. The molecule has 2 aromatic rings. The third-order valence-corrected chi connectivity index (χ3v) is 4.51. The molecular formula is C15H18N4. The van der Waals surface area contributed by atoms with Crippen molar-refractivity contribution in [3.05, 3.63) is 30.3 Å². The lowest BCUT2D eigenvalue weighted by atomic mass is 10.2. The van der Waals surface area contributed by atoms with Gasteiger partial charge in [0.2, 0.25) is 0 Å². The number of nitrogen functional groups attached to an aromatic ring is 1. The molecule has 4 nitrogen and oxygen atoms in total. The standard InChI is InChI=1S/C15H18N4/c1-18-8-13-7-12(18)9-19(13)15-5-2-10-6-11(16)3-4-14(10)17-15/h2-6,12-13H,7-9,16H2,1H3/t12-,13-/m0/s1. The molecule has 2 aliphatic heterocycles. The summed E-state index contributed by atoms with van der Waals surface area (Å²) in [5.74, 6) is 1.11. The second-order valence-electron chi connectivity index (χ2n) is 5.76. The molecule has 0 unspecified atom stereocenters. The Labute approximate surface area is 112 Å². The summed E-state index contributed by atoms with van der Waals surface area (Å²) in [5, 5.41) is 1.12. The van der Waals surface area contributed by atoms with E-state index in [1.165, 1.54) is 6.42 Å². The monoisotopic (exact) mass is 254 g/mol. The van der Waals surface area contributed by atoms with Crippen LogP contribution in [0.25, 0.3) is 10.9 Å². The van der Waals surface area contributed by atoms with E-state index in [4.69, 9.17) is 10.7 Å². The Morgan fingerprint density at radius 1 is 1.16 bits per heavy atom. The van der Waals surface area contributed by atoms with Crippen molar-refractivity contribution in [1.82, 2.24) is 9.88 Å². The highest BCUT2D eigenvalue weighted by atomic mass is 15.4. The number of likely N-dealkylation sites (tertiary alicyclic amines) is 1. The van der Waals surface area contributed by atoms with Crippen molar-refractivity contribution in [1.29, 1.82) is 0 Å². The quantitative estimate of drug-likeness (QED) is 0.787. The fourth-order valence-electron chi connectivity index (χ4n) is 3.44. The maximum Gasteiger partial charge on any atom is 0.129 e. The fraction of sp³-hybridized carbons (Fsp3) is 0.400. The van der Waals surface area contributed by atoms with Gasteiger partial charge in [-0.15, -0.1) is 0 Å². The molecule has 2 bridgehead atoms. The topological polar surface area (TPSA) is 45.4 Å². The third kappa shape index (κ3) is 1.67. The van der Waals surface area contributed by atoms with Crippen LogP contribution in [0.4, 0.5) is 11.5 Å². The first-order valence-electron chi connectivity index (χ1n) is 6.84. The summed E-state index contributed by atoms with van der Waals surface area (Å²) >= 11 is 0. The van der Waals surface area contributed by atoms with Gasteiger partial charge in [-0.05, 0) is 43.8 Å². The zero-order valence-electron chi connectivity index (χ0n) is 11.1. The number of rotatable bonds is 1. The third-order valence-electron chi connectivity index (χ3n) is 4.51. The molecule has 2 saturated heterocycles. The molecule has 19 heavy (non-hydrogen) atoms. The van der Waals surface area contributed by atoms with Crippen molar-refractivity contribution in [2.45, 2.75) is 18.5 Å². The van der Waals surface area contributed by atoms with Crippen LogP contribution in [0.2, 0.25) is 0 Å². The van der Waals surface area contributed by atoms with Crippen LogP contribution in [0.5, 0.6) is 0 Å². The largest absolute Gasteiger partial charge is 0.399 e. The first-order chi connectivity index (χ1) is 9.20. The molecule has 2 N–H and O–H groups in total. The Bertz CT molecular complexity index is 637. The summed E-state index contributed by atoms with van der Waals surface area (Å²) in [5.41, 5.74) is 7.63. The van der Waals surface area contributed by atoms with E-state index in [2.05, 4.69) is 29.0 Å². The molecule has 0 saturated carbocycles. The van der Waals surface area contributed by atoms with Crippen LogP contribution in [-0.4, -0.2) is 42.1 Å². The van der Waals surface area contributed by atoms with E-state index in [1.54, 1.807) is 0 Å². The summed E-state index contributed by atoms with van der Waals surface area (Å²) in [6.45, 7) is 2.26. The molecule has 0 aliphatic carbocycles. The number of nitrogens with zero attached hydrogens (tertiary/aromatic N) is 3. The second-order valence-corrected chi connectivity index (χ2v) is 5.76. The van der Waals surface area contributed by atoms with Crippen molar-refractivity contribution in [2.24, 2.45) is 0 Å². The van der Waals surface area contributed by atoms with Gasteiger partial charge in [0, 0.05) is 36.2 Å². The molecule has 1 aromatic carbocycles. The van der Waals surface area contributed by atoms with Crippen molar-refractivity contribution in [3.8, 4) is 0 Å². The molecule has 1 aromatic heterocycles. The molecule has 2 aliphatic rings. The minimum absolute atomic E-state index is 0.633. The van der Waals surface area contributed by atoms with E-state index < -0.39 is 0 Å². The molecule has 98 valence electrons. The number of benzene rings is 1. The number of aromatic nitrogens is 1. The molecule has 0 spiro atoms. The lowest BCUT2D eigenvalue weighted by Gasteiger charge is -2.32. The maximum absolute atomic E-state index is 5.81. The first-order valence-corrected chi connectivity index (χ1v) is 6.84. The van der Waals surface area contributed by atoms with Gasteiger partial charge in [0.05, 0.1) is 5.52 Å². The van der Waals surface area contributed by atoms with Crippen LogP contribution in [0.3, 0.4) is 0 Å². The van der Waals surface area contributed by atoms with Crippen molar-refractivity contribution in [3.63, 3.8) is 0 Å². The highest BCUT2D eigenvalue weighted by Crippen LogP contribution is 2.33. The predicted molar refractivity (Wildman–Crippen MR) is 78.3 cm³/mol. The fourth-order valence-corrected chi connectivity index (χ4v) is 3.44. The number of hydrogen-bond acceptors (Lipinski definition) is 4. The molecule has 0 amide bonds. The predicted octanol–water partition coefficient (Wildman–Crippen LogP) is 1.71. The number of nitrogens with two attached hydrogens (primary N) is 1. The Kier molecular flexibility index (Phi) is 2.23. The number of likely N-dealkylation sites (N-methyl/N-ethyl adjacent to an activating group) is 1. The van der Waals surface area contributed by atoms with Gasteiger partial charge >= 0.3 is 0 Å². The van der Waals surface area contributed by atoms with E-state index in [0.717, 1.165) is 35.5 Å². The number of fused-ring (bicyclic) bond motifs is 3. The lowest BCUT2D eigenvalue weighted by Crippen LogP contribution is -2.44. The average molecular weight is 254 g/mol. The molecule has 4 heteroatoms. The first kappa shape index (κ1) is 11.1. The van der Waals surface area contributed by atoms with E-state index in [1.807, 2.05) is 18.2 Å². The van der Waals surface area contributed by atoms with E-state index in [0.29, 0.717) is 12.1 Å². The summed E-state index contributed by atoms with van der Waals surface area (Å²) in [6.07, 6.45) is 1.28. The molecular weight excluding hydrogens is 236 g/mol. The highest BCUT2D eigenvalue weighted by molar-refractivity contribution is 5.83. The molecule has 2 fully saturated rings. The number of piperazine rings is 1. The van der Waals surface area contributed by atoms with Gasteiger partial charge in [-0.25, -0.2) is 4.98 Å². The van der Waals surface area contributed by atoms with Gasteiger partial charge in [-0.3, -0.25) is 4.90 Å². The number of anilines is 2. The molecule has 3 heterocycles. The van der Waals surface area contributed by atoms with Crippen molar-refractivity contribution >= 4 is 22.4 Å². The zero-order valence-corrected chi connectivity index (χ0v) is 11.1. The Morgan fingerprint density at radius 3 is 2.79 bits per heavy atom. The van der Waals surface area contributed by atoms with Crippen LogP contribution in [0.15, 0.2) is 30.3 Å². The number of hydrogen-bond donors (Lipinski definition) is 1. The van der Waals surface area contributed by atoms with Crippen LogP contribution < -0.4 is 10.6 Å². The molecule has 2 atom stereocenters. The zero-order chi connectivity index (χ0) is 13.0. The average Bonchev–Trinajstić information content (AvgIpc) is 2.97. The normalized spacial score (nSPS) is 26.5. The Hall–Kier alpha value is -1.81.